The molecular formula is C14H21F3O4. The molecule has 1 rings (SSSR count). The summed E-state index contributed by atoms with van der Waals surface area (Å²) >= 11 is 0. The number of halogens is 3. The van der Waals surface area contributed by atoms with E-state index >= 15 is 0 Å². The highest BCUT2D eigenvalue weighted by Crippen LogP contribution is 2.38. The highest BCUT2D eigenvalue weighted by Gasteiger charge is 2.54. The summed E-state index contributed by atoms with van der Waals surface area (Å²) in [7, 11) is 0. The second-order valence-electron chi connectivity index (χ2n) is 6.18. The van der Waals surface area contributed by atoms with Gasteiger partial charge in [0.15, 0.2) is 12.0 Å². The van der Waals surface area contributed by atoms with Crippen LogP contribution in [0, 0.1) is 5.41 Å². The molecule has 0 amide bonds. The Labute approximate surface area is 122 Å². The summed E-state index contributed by atoms with van der Waals surface area (Å²) in [5, 5.41) is 0. The summed E-state index contributed by atoms with van der Waals surface area (Å²) in [5.41, 5.74) is -3.26. The van der Waals surface area contributed by atoms with E-state index in [1.54, 1.807) is 6.92 Å². The molecule has 0 aliphatic heterocycles. The third-order valence-electron chi connectivity index (χ3n) is 3.81. The fraction of sp³-hybridized carbons (Fsp3) is 0.857. The van der Waals surface area contributed by atoms with Crippen LogP contribution < -0.4 is 0 Å². The van der Waals surface area contributed by atoms with Crippen molar-refractivity contribution in [2.24, 2.45) is 5.41 Å². The molecule has 0 aromatic carbocycles. The summed E-state index contributed by atoms with van der Waals surface area (Å²) in [6, 6.07) is 0. The zero-order chi connectivity index (χ0) is 16.3. The fourth-order valence-corrected chi connectivity index (χ4v) is 2.13. The highest BCUT2D eigenvalue weighted by atomic mass is 19.4. The normalized spacial score (nSPS) is 19.0. The minimum atomic E-state index is -4.73. The molecule has 7 heteroatoms. The van der Waals surface area contributed by atoms with Gasteiger partial charge >= 0.3 is 18.1 Å². The molecule has 0 bridgehead atoms. The van der Waals surface area contributed by atoms with E-state index in [2.05, 4.69) is 4.74 Å². The van der Waals surface area contributed by atoms with Crippen molar-refractivity contribution in [2.45, 2.75) is 64.7 Å². The lowest BCUT2D eigenvalue weighted by atomic mass is 9.86. The van der Waals surface area contributed by atoms with Crippen LogP contribution in [0.4, 0.5) is 13.2 Å². The minimum absolute atomic E-state index is 0.610. The van der Waals surface area contributed by atoms with E-state index in [1.165, 1.54) is 0 Å². The van der Waals surface area contributed by atoms with E-state index in [0.717, 1.165) is 19.3 Å². The van der Waals surface area contributed by atoms with Gasteiger partial charge in [0.1, 0.15) is 5.60 Å². The summed E-state index contributed by atoms with van der Waals surface area (Å²) in [5.74, 6) is -2.30. The third kappa shape index (κ3) is 4.61. The summed E-state index contributed by atoms with van der Waals surface area (Å²) in [4.78, 5) is 23.1. The maximum atomic E-state index is 12.6. The first-order valence-electron chi connectivity index (χ1n) is 6.94. The Kier molecular flexibility index (Phi) is 5.28. The van der Waals surface area contributed by atoms with Crippen molar-refractivity contribution in [1.29, 1.82) is 0 Å². The van der Waals surface area contributed by atoms with Gasteiger partial charge in [0.2, 0.25) is 0 Å². The van der Waals surface area contributed by atoms with Crippen molar-refractivity contribution in [3.63, 3.8) is 0 Å². The number of alkyl halides is 3. The molecule has 0 saturated heterocycles. The Morgan fingerprint density at radius 2 is 1.62 bits per heavy atom. The van der Waals surface area contributed by atoms with Crippen LogP contribution in [0.5, 0.6) is 0 Å². The van der Waals surface area contributed by atoms with Gasteiger partial charge in [-0.3, -0.25) is 4.79 Å². The van der Waals surface area contributed by atoms with Crippen LogP contribution in [0.25, 0.3) is 0 Å². The minimum Gasteiger partial charge on any atom is -0.457 e. The predicted molar refractivity (Wildman–Crippen MR) is 68.4 cm³/mol. The van der Waals surface area contributed by atoms with E-state index in [4.69, 9.17) is 4.74 Å². The van der Waals surface area contributed by atoms with Crippen molar-refractivity contribution in [2.75, 3.05) is 6.61 Å². The molecule has 1 aliphatic carbocycles. The molecule has 0 radical (unpaired) electrons. The number of ether oxygens (including phenoxy) is 2. The Morgan fingerprint density at radius 1 is 1.10 bits per heavy atom. The Bertz CT molecular complexity index is 396. The van der Waals surface area contributed by atoms with Gasteiger partial charge in [-0.15, -0.1) is 0 Å². The molecule has 1 aliphatic rings. The van der Waals surface area contributed by atoms with Gasteiger partial charge < -0.3 is 9.47 Å². The number of rotatable bonds is 4. The number of carbonyl (C=O) groups is 2. The van der Waals surface area contributed by atoms with Crippen LogP contribution in [0.15, 0.2) is 0 Å². The van der Waals surface area contributed by atoms with Gasteiger partial charge in [0.25, 0.3) is 0 Å². The largest absolute Gasteiger partial charge is 0.457 e. The monoisotopic (exact) mass is 310 g/mol. The van der Waals surface area contributed by atoms with Crippen LogP contribution in [0.1, 0.15) is 52.9 Å². The van der Waals surface area contributed by atoms with Gasteiger partial charge in [0.05, 0.1) is 0 Å². The second kappa shape index (κ2) is 6.23. The van der Waals surface area contributed by atoms with Gasteiger partial charge in [-0.05, 0) is 46.5 Å². The van der Waals surface area contributed by atoms with E-state index in [0.29, 0.717) is 26.7 Å². The zero-order valence-corrected chi connectivity index (χ0v) is 12.5. The Balaban J connectivity index is 2.48. The van der Waals surface area contributed by atoms with Gasteiger partial charge in [0, 0.05) is 0 Å². The SMILES string of the molecule is CC1(OC(=O)COC(=O)C(C)(C)C(F)(F)F)CCCCC1. The van der Waals surface area contributed by atoms with Crippen LogP contribution in [0.2, 0.25) is 0 Å². The molecular weight excluding hydrogens is 289 g/mol. The first-order chi connectivity index (χ1) is 9.48. The average molecular weight is 310 g/mol. The topological polar surface area (TPSA) is 52.6 Å². The van der Waals surface area contributed by atoms with Crippen molar-refractivity contribution in [3.05, 3.63) is 0 Å². The maximum absolute atomic E-state index is 12.6. The molecule has 21 heavy (non-hydrogen) atoms. The number of carbonyl (C=O) groups excluding carboxylic acids is 2. The molecule has 1 saturated carbocycles. The summed E-state index contributed by atoms with van der Waals surface area (Å²) in [6.07, 6.45) is -0.373. The van der Waals surface area contributed by atoms with E-state index < -0.39 is 35.7 Å². The Hall–Kier alpha value is -1.27. The quantitative estimate of drug-likeness (QED) is 0.747. The maximum Gasteiger partial charge on any atom is 0.404 e. The number of hydrogen-bond acceptors (Lipinski definition) is 4. The van der Waals surface area contributed by atoms with Crippen LogP contribution >= 0.6 is 0 Å². The van der Waals surface area contributed by atoms with E-state index in [9.17, 15) is 22.8 Å². The van der Waals surface area contributed by atoms with Crippen molar-refractivity contribution in [3.8, 4) is 0 Å². The van der Waals surface area contributed by atoms with Crippen molar-refractivity contribution < 1.29 is 32.2 Å². The second-order valence-corrected chi connectivity index (χ2v) is 6.18. The molecule has 122 valence electrons. The molecule has 1 fully saturated rings. The van der Waals surface area contributed by atoms with Gasteiger partial charge in [-0.25, -0.2) is 4.79 Å². The summed E-state index contributed by atoms with van der Waals surface area (Å²) < 4.78 is 47.6. The molecule has 0 aromatic rings. The van der Waals surface area contributed by atoms with Crippen molar-refractivity contribution >= 4 is 11.9 Å². The lowest BCUT2D eigenvalue weighted by Gasteiger charge is -2.33. The zero-order valence-electron chi connectivity index (χ0n) is 12.5. The molecule has 0 heterocycles. The smallest absolute Gasteiger partial charge is 0.404 e. The van der Waals surface area contributed by atoms with Gasteiger partial charge in [-0.2, -0.15) is 13.2 Å². The van der Waals surface area contributed by atoms with E-state index in [1.807, 2.05) is 0 Å². The first kappa shape index (κ1) is 17.8. The molecule has 0 unspecified atom stereocenters. The average Bonchev–Trinajstić information content (AvgIpc) is 2.34. The highest BCUT2D eigenvalue weighted by molar-refractivity contribution is 5.80. The molecule has 0 atom stereocenters. The lowest BCUT2D eigenvalue weighted by molar-refractivity contribution is -0.226. The number of esters is 2. The molecule has 4 nitrogen and oxygen atoms in total. The van der Waals surface area contributed by atoms with Crippen LogP contribution in [0.3, 0.4) is 0 Å². The lowest BCUT2D eigenvalue weighted by Crippen LogP contribution is -2.42. The Morgan fingerprint density at radius 3 is 2.10 bits per heavy atom. The number of hydrogen-bond donors (Lipinski definition) is 0. The predicted octanol–water partition coefficient (Wildman–Crippen LogP) is 3.38. The summed E-state index contributed by atoms with van der Waals surface area (Å²) in [6.45, 7) is 2.41. The first-order valence-corrected chi connectivity index (χ1v) is 6.94. The molecule has 0 N–H and O–H groups in total. The third-order valence-corrected chi connectivity index (χ3v) is 3.81. The van der Waals surface area contributed by atoms with E-state index in [-0.39, 0.29) is 0 Å². The van der Waals surface area contributed by atoms with Crippen LogP contribution in [-0.4, -0.2) is 30.3 Å². The van der Waals surface area contributed by atoms with Crippen LogP contribution in [-0.2, 0) is 19.1 Å². The fourth-order valence-electron chi connectivity index (χ4n) is 2.13. The molecule has 0 spiro atoms. The standard InChI is InChI=1S/C14H21F3O4/c1-12(2,14(15,16)17)11(19)20-9-10(18)21-13(3)7-5-4-6-8-13/h4-9H2,1-3H3. The van der Waals surface area contributed by atoms with Gasteiger partial charge in [-0.1, -0.05) is 6.42 Å². The molecule has 0 aromatic heterocycles. The van der Waals surface area contributed by atoms with Crippen molar-refractivity contribution in [1.82, 2.24) is 0 Å².